The van der Waals surface area contributed by atoms with Gasteiger partial charge in [0.15, 0.2) is 4.34 Å². The number of nitrogens with one attached hydrogen (secondary N) is 1. The largest absolute Gasteiger partial charge is 0.496 e. The lowest BCUT2D eigenvalue weighted by atomic mass is 10.2. The quantitative estimate of drug-likeness (QED) is 0.423. The molecule has 0 saturated heterocycles. The van der Waals surface area contributed by atoms with E-state index < -0.39 is 0 Å². The normalized spacial score (nSPS) is 10.6. The van der Waals surface area contributed by atoms with Crippen LogP contribution in [0, 0.1) is 0 Å². The van der Waals surface area contributed by atoms with Crippen LogP contribution in [0.3, 0.4) is 0 Å². The van der Waals surface area contributed by atoms with Gasteiger partial charge >= 0.3 is 0 Å². The van der Waals surface area contributed by atoms with Gasteiger partial charge in [-0.2, -0.15) is 0 Å². The van der Waals surface area contributed by atoms with Gasteiger partial charge in [-0.1, -0.05) is 58.4 Å². The summed E-state index contributed by atoms with van der Waals surface area (Å²) < 4.78 is 5.94. The molecular weight excluding hydrogens is 413 g/mol. The van der Waals surface area contributed by atoms with Crippen molar-refractivity contribution in [2.24, 2.45) is 0 Å². The number of ether oxygens (including phenoxy) is 1. The van der Waals surface area contributed by atoms with E-state index in [0.29, 0.717) is 32.2 Å². The number of rotatable bonds is 6. The predicted molar refractivity (Wildman–Crippen MR) is 107 cm³/mol. The van der Waals surface area contributed by atoms with Gasteiger partial charge in [0.25, 0.3) is 5.91 Å². The number of aromatic nitrogens is 2. The van der Waals surface area contributed by atoms with E-state index in [1.54, 1.807) is 18.2 Å². The second-order valence-corrected chi connectivity index (χ2v) is 8.16. The van der Waals surface area contributed by atoms with Crippen LogP contribution in [0.15, 0.2) is 46.8 Å². The highest BCUT2D eigenvalue weighted by molar-refractivity contribution is 8.00. The van der Waals surface area contributed by atoms with Gasteiger partial charge in [-0.05, 0) is 35.9 Å². The molecule has 9 heteroatoms. The van der Waals surface area contributed by atoms with Gasteiger partial charge in [-0.3, -0.25) is 10.1 Å². The van der Waals surface area contributed by atoms with Crippen LogP contribution < -0.4 is 10.1 Å². The molecule has 1 N–H and O–H groups in total. The first-order valence-electron chi connectivity index (χ1n) is 7.41. The fourth-order valence-electron chi connectivity index (χ4n) is 2.11. The number of carbonyl (C=O) groups is 1. The van der Waals surface area contributed by atoms with Crippen LogP contribution in [-0.2, 0) is 5.75 Å². The lowest BCUT2D eigenvalue weighted by molar-refractivity contribution is 0.102. The summed E-state index contributed by atoms with van der Waals surface area (Å²) in [5.74, 6) is 0.796. The minimum atomic E-state index is -0.355. The van der Waals surface area contributed by atoms with Crippen LogP contribution in [0.25, 0.3) is 0 Å². The smallest absolute Gasteiger partial charge is 0.261 e. The van der Waals surface area contributed by atoms with Gasteiger partial charge < -0.3 is 4.74 Å². The first kappa shape index (κ1) is 19.0. The zero-order valence-corrected chi connectivity index (χ0v) is 16.7. The Morgan fingerprint density at radius 3 is 2.77 bits per heavy atom. The Morgan fingerprint density at radius 1 is 1.19 bits per heavy atom. The van der Waals surface area contributed by atoms with Crippen LogP contribution in [0.1, 0.15) is 15.9 Å². The number of hydrogen-bond donors (Lipinski definition) is 1. The molecule has 0 bridgehead atoms. The van der Waals surface area contributed by atoms with E-state index in [9.17, 15) is 4.79 Å². The summed E-state index contributed by atoms with van der Waals surface area (Å²) in [4.78, 5) is 12.4. The van der Waals surface area contributed by atoms with Crippen molar-refractivity contribution in [2.75, 3.05) is 12.4 Å². The van der Waals surface area contributed by atoms with Crippen LogP contribution in [0.4, 0.5) is 5.13 Å². The highest BCUT2D eigenvalue weighted by Crippen LogP contribution is 2.30. The first-order chi connectivity index (χ1) is 12.5. The SMILES string of the molecule is COc1ccc(Cl)cc1C(=O)Nc1nnc(SCc2cccc(Cl)c2)s1. The third-order valence-electron chi connectivity index (χ3n) is 3.28. The molecule has 2 aromatic carbocycles. The van der Waals surface area contributed by atoms with Gasteiger partial charge in [-0.15, -0.1) is 10.2 Å². The summed E-state index contributed by atoms with van der Waals surface area (Å²) in [5, 5.41) is 12.4. The monoisotopic (exact) mass is 425 g/mol. The maximum absolute atomic E-state index is 12.4. The molecule has 3 aromatic rings. The van der Waals surface area contributed by atoms with Crippen LogP contribution in [-0.4, -0.2) is 23.2 Å². The topological polar surface area (TPSA) is 64.1 Å². The molecule has 0 unspecified atom stereocenters. The van der Waals surface area contributed by atoms with E-state index in [-0.39, 0.29) is 5.91 Å². The molecule has 0 aliphatic rings. The van der Waals surface area contributed by atoms with Crippen LogP contribution in [0.2, 0.25) is 10.0 Å². The van der Waals surface area contributed by atoms with Crippen molar-refractivity contribution in [3.8, 4) is 5.75 Å². The number of hydrogen-bond acceptors (Lipinski definition) is 6. The molecule has 5 nitrogen and oxygen atoms in total. The van der Waals surface area contributed by atoms with E-state index >= 15 is 0 Å². The van der Waals surface area contributed by atoms with Crippen molar-refractivity contribution >= 4 is 57.3 Å². The summed E-state index contributed by atoms with van der Waals surface area (Å²) >= 11 is 14.8. The van der Waals surface area contributed by atoms with Gasteiger partial charge in [0.1, 0.15) is 5.75 Å². The van der Waals surface area contributed by atoms with Crippen molar-refractivity contribution in [1.29, 1.82) is 0 Å². The Hall–Kier alpha value is -1.80. The molecule has 3 rings (SSSR count). The average molecular weight is 426 g/mol. The number of benzene rings is 2. The van der Waals surface area contributed by atoms with Gasteiger partial charge in [-0.25, -0.2) is 0 Å². The molecular formula is C17H13Cl2N3O2S2. The van der Waals surface area contributed by atoms with Crippen molar-refractivity contribution in [2.45, 2.75) is 10.1 Å². The molecule has 0 radical (unpaired) electrons. The van der Waals surface area contributed by atoms with Crippen molar-refractivity contribution < 1.29 is 9.53 Å². The summed E-state index contributed by atoms with van der Waals surface area (Å²) in [6.45, 7) is 0. The van der Waals surface area contributed by atoms with Crippen LogP contribution >= 0.6 is 46.3 Å². The summed E-state index contributed by atoms with van der Waals surface area (Å²) in [5.41, 5.74) is 1.43. The third-order valence-corrected chi connectivity index (χ3v) is 5.80. The van der Waals surface area contributed by atoms with Gasteiger partial charge in [0, 0.05) is 15.8 Å². The number of thioether (sulfide) groups is 1. The lowest BCUT2D eigenvalue weighted by Gasteiger charge is -2.07. The van der Waals surface area contributed by atoms with Crippen molar-refractivity contribution in [3.63, 3.8) is 0 Å². The number of amides is 1. The minimum absolute atomic E-state index is 0.336. The Balaban J connectivity index is 1.65. The van der Waals surface area contributed by atoms with Crippen LogP contribution in [0.5, 0.6) is 5.75 Å². The number of methoxy groups -OCH3 is 1. The first-order valence-corrected chi connectivity index (χ1v) is 9.96. The molecule has 0 atom stereocenters. The molecule has 26 heavy (non-hydrogen) atoms. The molecule has 1 amide bonds. The molecule has 0 fully saturated rings. The average Bonchev–Trinajstić information content (AvgIpc) is 3.07. The molecule has 0 aliphatic carbocycles. The summed E-state index contributed by atoms with van der Waals surface area (Å²) in [6.07, 6.45) is 0. The second-order valence-electron chi connectivity index (χ2n) is 5.09. The fourth-order valence-corrected chi connectivity index (χ4v) is 4.19. The molecule has 1 heterocycles. The Morgan fingerprint density at radius 2 is 2.00 bits per heavy atom. The Kier molecular flexibility index (Phi) is 6.37. The van der Waals surface area contributed by atoms with E-state index in [4.69, 9.17) is 27.9 Å². The third kappa shape index (κ3) is 4.88. The number of anilines is 1. The molecule has 134 valence electrons. The van der Waals surface area contributed by atoms with Crippen molar-refractivity contribution in [1.82, 2.24) is 10.2 Å². The highest BCUT2D eigenvalue weighted by Gasteiger charge is 2.15. The zero-order valence-electron chi connectivity index (χ0n) is 13.5. The van der Waals surface area contributed by atoms with E-state index in [0.717, 1.165) is 9.90 Å². The van der Waals surface area contributed by atoms with E-state index in [1.807, 2.05) is 24.3 Å². The Labute approximate surface area is 168 Å². The molecule has 0 aliphatic heterocycles. The molecule has 0 spiro atoms. The fraction of sp³-hybridized carbons (Fsp3) is 0.118. The predicted octanol–water partition coefficient (Wildman–Crippen LogP) is 5.40. The van der Waals surface area contributed by atoms with E-state index in [1.165, 1.54) is 30.2 Å². The standard InChI is InChI=1S/C17H13Cl2N3O2S2/c1-24-14-6-5-12(19)8-13(14)15(23)20-16-21-22-17(26-16)25-9-10-3-2-4-11(18)7-10/h2-8H,9H2,1H3,(H,20,21,23). The zero-order chi connectivity index (χ0) is 18.5. The highest BCUT2D eigenvalue weighted by atomic mass is 35.5. The number of carbonyl (C=O) groups excluding carboxylic acids is 1. The number of nitrogens with zero attached hydrogens (tertiary/aromatic N) is 2. The maximum atomic E-state index is 12.4. The summed E-state index contributed by atoms with van der Waals surface area (Å²) in [7, 11) is 1.50. The second kappa shape index (κ2) is 8.73. The molecule has 1 aromatic heterocycles. The van der Waals surface area contributed by atoms with Crippen molar-refractivity contribution in [3.05, 3.63) is 63.6 Å². The minimum Gasteiger partial charge on any atom is -0.496 e. The Bertz CT molecular complexity index is 934. The molecule has 0 saturated carbocycles. The van der Waals surface area contributed by atoms with Gasteiger partial charge in [0.2, 0.25) is 5.13 Å². The van der Waals surface area contributed by atoms with Gasteiger partial charge in [0.05, 0.1) is 12.7 Å². The summed E-state index contributed by atoms with van der Waals surface area (Å²) in [6, 6.07) is 12.5. The number of halogens is 2. The van der Waals surface area contributed by atoms with E-state index in [2.05, 4.69) is 15.5 Å². The maximum Gasteiger partial charge on any atom is 0.261 e. The lowest BCUT2D eigenvalue weighted by Crippen LogP contribution is -2.13.